The van der Waals surface area contributed by atoms with Crippen molar-refractivity contribution in [3.63, 3.8) is 0 Å². The van der Waals surface area contributed by atoms with Crippen LogP contribution in [0.2, 0.25) is 0 Å². The van der Waals surface area contributed by atoms with Gasteiger partial charge in [0.05, 0.1) is 5.56 Å². The number of piperidine rings is 1. The van der Waals surface area contributed by atoms with E-state index in [2.05, 4.69) is 15.7 Å². The van der Waals surface area contributed by atoms with Crippen molar-refractivity contribution in [3.05, 3.63) is 53.6 Å². The number of likely N-dealkylation sites (tertiary alicyclic amines) is 1. The maximum atomic E-state index is 13.1. The van der Waals surface area contributed by atoms with E-state index in [9.17, 15) is 9.59 Å². The number of imidazole rings is 1. The Morgan fingerprint density at radius 1 is 1.11 bits per heavy atom. The van der Waals surface area contributed by atoms with Gasteiger partial charge in [-0.2, -0.15) is 0 Å². The minimum atomic E-state index is -0.0662. The van der Waals surface area contributed by atoms with Crippen molar-refractivity contribution in [1.29, 1.82) is 0 Å². The van der Waals surface area contributed by atoms with Crippen molar-refractivity contribution < 1.29 is 9.59 Å². The molecule has 27 heavy (non-hydrogen) atoms. The van der Waals surface area contributed by atoms with Crippen molar-refractivity contribution in [1.82, 2.24) is 14.5 Å². The number of hydrogen-bond donors (Lipinski definition) is 0. The summed E-state index contributed by atoms with van der Waals surface area (Å²) in [7, 11) is 0. The fourth-order valence-electron chi connectivity index (χ4n) is 4.31. The summed E-state index contributed by atoms with van der Waals surface area (Å²) in [4.78, 5) is 31.5. The summed E-state index contributed by atoms with van der Waals surface area (Å²) >= 11 is 0. The van der Waals surface area contributed by atoms with E-state index < -0.39 is 0 Å². The van der Waals surface area contributed by atoms with Gasteiger partial charge in [-0.3, -0.25) is 9.59 Å². The van der Waals surface area contributed by atoms with E-state index in [-0.39, 0.29) is 17.6 Å². The van der Waals surface area contributed by atoms with E-state index >= 15 is 0 Å². The summed E-state index contributed by atoms with van der Waals surface area (Å²) in [6.45, 7) is 3.98. The molecule has 2 fully saturated rings. The molecule has 5 nitrogen and oxygen atoms in total. The predicted octanol–water partition coefficient (Wildman–Crippen LogP) is 3.91. The van der Waals surface area contributed by atoms with Crippen LogP contribution in [-0.2, 0) is 6.54 Å². The summed E-state index contributed by atoms with van der Waals surface area (Å²) in [6.07, 6.45) is 9.97. The first-order valence-electron chi connectivity index (χ1n) is 10.0. The number of rotatable bonds is 5. The number of carbonyl (C=O) groups is 2. The Kier molecular flexibility index (Phi) is 5.10. The Morgan fingerprint density at radius 2 is 1.89 bits per heavy atom. The fourth-order valence-corrected chi connectivity index (χ4v) is 4.31. The Bertz CT molecular complexity index is 838. The molecular formula is C22H27N3O2. The van der Waals surface area contributed by atoms with Gasteiger partial charge in [0.1, 0.15) is 5.82 Å². The maximum absolute atomic E-state index is 13.1. The number of Topliss-reactive ketones (excluding diaryl/α,β-unsaturated/α-hetero) is 1. The number of amides is 1. The van der Waals surface area contributed by atoms with Crippen LogP contribution in [0, 0.1) is 5.92 Å². The van der Waals surface area contributed by atoms with Gasteiger partial charge in [0.15, 0.2) is 5.78 Å². The molecule has 0 bridgehead atoms. The smallest absolute Gasteiger partial charge is 0.254 e. The Balaban J connectivity index is 1.51. The highest BCUT2D eigenvalue weighted by Gasteiger charge is 2.30. The second kappa shape index (κ2) is 7.67. The molecule has 2 aliphatic rings. The van der Waals surface area contributed by atoms with Crippen LogP contribution in [0.5, 0.6) is 0 Å². The molecule has 1 saturated heterocycles. The molecule has 1 amide bonds. The Morgan fingerprint density at radius 3 is 2.59 bits per heavy atom. The molecule has 1 aromatic carbocycles. The lowest BCUT2D eigenvalue weighted by Gasteiger charge is -2.34. The maximum Gasteiger partial charge on any atom is 0.254 e. The molecular weight excluding hydrogens is 338 g/mol. The molecule has 1 aromatic heterocycles. The van der Waals surface area contributed by atoms with Crippen LogP contribution < -0.4 is 0 Å². The predicted molar refractivity (Wildman–Crippen MR) is 104 cm³/mol. The summed E-state index contributed by atoms with van der Waals surface area (Å²) < 4.78 is 2.30. The molecule has 142 valence electrons. The quantitative estimate of drug-likeness (QED) is 0.755. The minimum absolute atomic E-state index is 0.0393. The molecule has 5 heteroatoms. The lowest BCUT2D eigenvalue weighted by molar-refractivity contribution is 0.0698. The first-order valence-corrected chi connectivity index (χ1v) is 10.0. The summed E-state index contributed by atoms with van der Waals surface area (Å²) in [5.41, 5.74) is 1.03. The molecule has 0 radical (unpaired) electrons. The van der Waals surface area contributed by atoms with Crippen molar-refractivity contribution >= 4 is 11.7 Å². The zero-order valence-corrected chi connectivity index (χ0v) is 15.9. The summed E-state index contributed by atoms with van der Waals surface area (Å²) in [6, 6.07) is 7.14. The lowest BCUT2D eigenvalue weighted by atomic mass is 9.85. The largest absolute Gasteiger partial charge is 0.338 e. The van der Waals surface area contributed by atoms with E-state index in [0.717, 1.165) is 37.7 Å². The molecule has 0 spiro atoms. The van der Waals surface area contributed by atoms with E-state index in [1.54, 1.807) is 12.1 Å². The van der Waals surface area contributed by atoms with E-state index in [0.29, 0.717) is 17.7 Å². The topological polar surface area (TPSA) is 55.2 Å². The zero-order chi connectivity index (χ0) is 18.8. The highest BCUT2D eigenvalue weighted by molar-refractivity contribution is 6.07. The second-order valence-electron chi connectivity index (χ2n) is 7.93. The number of nitrogens with zero attached hydrogens (tertiary/aromatic N) is 3. The van der Waals surface area contributed by atoms with Crippen molar-refractivity contribution in [3.8, 4) is 0 Å². The highest BCUT2D eigenvalue weighted by Crippen LogP contribution is 2.31. The summed E-state index contributed by atoms with van der Waals surface area (Å²) in [5, 5.41) is 0. The minimum Gasteiger partial charge on any atom is -0.338 e. The number of hydrogen-bond acceptors (Lipinski definition) is 3. The van der Waals surface area contributed by atoms with E-state index in [1.807, 2.05) is 23.2 Å². The van der Waals surface area contributed by atoms with E-state index in [1.165, 1.54) is 26.2 Å². The number of carbonyl (C=O) groups excluding carboxylic acids is 2. The fraction of sp³-hybridized carbons (Fsp3) is 0.500. The molecule has 1 saturated carbocycles. The molecule has 4 rings (SSSR count). The molecule has 2 heterocycles. The van der Waals surface area contributed by atoms with Crippen LogP contribution in [0.25, 0.3) is 0 Å². The van der Waals surface area contributed by atoms with Crippen LogP contribution in [0.1, 0.15) is 71.5 Å². The first kappa shape index (κ1) is 18.0. The normalized spacial score (nSPS) is 20.3. The third kappa shape index (κ3) is 3.68. The van der Waals surface area contributed by atoms with E-state index in [4.69, 9.17) is 0 Å². The van der Waals surface area contributed by atoms with Crippen LogP contribution in [0.4, 0.5) is 0 Å². The highest BCUT2D eigenvalue weighted by atomic mass is 16.2. The second-order valence-corrected chi connectivity index (χ2v) is 7.93. The molecule has 0 unspecified atom stereocenters. The molecule has 2 aromatic rings. The van der Waals surface area contributed by atoms with Crippen LogP contribution in [-0.4, -0.2) is 39.2 Å². The average molecular weight is 365 g/mol. The van der Waals surface area contributed by atoms with Gasteiger partial charge in [-0.15, -0.1) is 0 Å². The van der Waals surface area contributed by atoms with Gasteiger partial charge >= 0.3 is 0 Å². The molecule has 1 atom stereocenters. The van der Waals surface area contributed by atoms with Gasteiger partial charge in [-0.05, 0) is 44.6 Å². The molecule has 0 N–H and O–H groups in total. The van der Waals surface area contributed by atoms with Gasteiger partial charge < -0.3 is 9.47 Å². The van der Waals surface area contributed by atoms with Crippen molar-refractivity contribution in [2.45, 2.75) is 51.5 Å². The van der Waals surface area contributed by atoms with Crippen molar-refractivity contribution in [2.24, 2.45) is 5.92 Å². The Hall–Kier alpha value is -2.43. The number of benzene rings is 1. The van der Waals surface area contributed by atoms with Gasteiger partial charge in [-0.1, -0.05) is 24.6 Å². The third-order valence-corrected chi connectivity index (χ3v) is 6.04. The molecule has 1 aliphatic carbocycles. The third-order valence-electron chi connectivity index (χ3n) is 6.04. The average Bonchev–Trinajstić information content (AvgIpc) is 3.12. The SMILES string of the molecule is CC(=O)c1ccccc1C(=O)N1CCC[C@H](c2nccn2CC2CCC2)C1. The van der Waals surface area contributed by atoms with Crippen LogP contribution in [0.3, 0.4) is 0 Å². The monoisotopic (exact) mass is 365 g/mol. The Labute approximate surface area is 160 Å². The van der Waals surface area contributed by atoms with Gasteiger partial charge in [-0.25, -0.2) is 4.98 Å². The molecule has 1 aliphatic heterocycles. The van der Waals surface area contributed by atoms with Gasteiger partial charge in [0, 0.05) is 43.5 Å². The standard InChI is InChI=1S/C22H27N3O2/c1-16(26)19-9-2-3-10-20(19)22(27)25-12-5-8-18(15-25)21-23-11-13-24(21)14-17-6-4-7-17/h2-3,9-11,13,17-18H,4-8,12,14-15H2,1H3/t18-/m0/s1. The number of ketones is 1. The lowest BCUT2D eigenvalue weighted by Crippen LogP contribution is -2.40. The first-order chi connectivity index (χ1) is 13.1. The van der Waals surface area contributed by atoms with Crippen LogP contribution >= 0.6 is 0 Å². The van der Waals surface area contributed by atoms with Crippen LogP contribution in [0.15, 0.2) is 36.7 Å². The summed E-state index contributed by atoms with van der Waals surface area (Å²) in [5.74, 6) is 2.05. The van der Waals surface area contributed by atoms with Crippen molar-refractivity contribution in [2.75, 3.05) is 13.1 Å². The van der Waals surface area contributed by atoms with Gasteiger partial charge in [0.2, 0.25) is 0 Å². The van der Waals surface area contributed by atoms with Gasteiger partial charge in [0.25, 0.3) is 5.91 Å². The number of aromatic nitrogens is 2. The zero-order valence-electron chi connectivity index (χ0n) is 15.9.